The van der Waals surface area contributed by atoms with Crippen molar-refractivity contribution < 1.29 is 27.5 Å². The molecule has 1 aliphatic rings. The number of amides is 1. The van der Waals surface area contributed by atoms with Gasteiger partial charge in [-0.3, -0.25) is 14.5 Å². The van der Waals surface area contributed by atoms with Gasteiger partial charge in [0.2, 0.25) is 0 Å². The molecule has 1 amide bonds. The molecular formula is C20H22N2O6S. The van der Waals surface area contributed by atoms with E-state index < -0.39 is 28.3 Å². The standard InChI is InChI=1S/C20H22N2O6S/c23-19(15-27-20(24)14-22-10-12-29(25,26)13-11-22)21-17-8-4-5-9-18(17)28-16-6-2-1-3-7-16/h1-9H,10-15H2,(H,21,23). The number of sulfone groups is 1. The maximum Gasteiger partial charge on any atom is 0.320 e. The second kappa shape index (κ2) is 9.53. The zero-order valence-corrected chi connectivity index (χ0v) is 16.6. The number of anilines is 1. The minimum absolute atomic E-state index is 0.0268. The largest absolute Gasteiger partial charge is 0.455 e. The van der Waals surface area contributed by atoms with Gasteiger partial charge in [0.05, 0.1) is 23.7 Å². The smallest absolute Gasteiger partial charge is 0.320 e. The lowest BCUT2D eigenvalue weighted by Gasteiger charge is -2.25. The van der Waals surface area contributed by atoms with Gasteiger partial charge in [0.25, 0.3) is 5.91 Å². The van der Waals surface area contributed by atoms with Crippen LogP contribution in [0.4, 0.5) is 5.69 Å². The first kappa shape index (κ1) is 20.8. The molecule has 8 nitrogen and oxygen atoms in total. The van der Waals surface area contributed by atoms with Gasteiger partial charge in [0.1, 0.15) is 5.75 Å². The molecule has 1 heterocycles. The molecule has 1 fully saturated rings. The summed E-state index contributed by atoms with van der Waals surface area (Å²) in [6.45, 7) is 0.0861. The Bertz CT molecular complexity index is 948. The zero-order valence-electron chi connectivity index (χ0n) is 15.7. The van der Waals surface area contributed by atoms with Crippen LogP contribution in [-0.2, 0) is 24.2 Å². The summed E-state index contributed by atoms with van der Waals surface area (Å²) in [7, 11) is -3.01. The van der Waals surface area contributed by atoms with Crippen molar-refractivity contribution in [3.63, 3.8) is 0 Å². The van der Waals surface area contributed by atoms with Crippen LogP contribution >= 0.6 is 0 Å². The van der Waals surface area contributed by atoms with Gasteiger partial charge < -0.3 is 14.8 Å². The molecule has 1 saturated heterocycles. The lowest BCUT2D eigenvalue weighted by molar-refractivity contribution is -0.148. The fourth-order valence-electron chi connectivity index (χ4n) is 2.74. The van der Waals surface area contributed by atoms with Crippen LogP contribution in [0, 0.1) is 0 Å². The van der Waals surface area contributed by atoms with Gasteiger partial charge in [-0.05, 0) is 24.3 Å². The summed E-state index contributed by atoms with van der Waals surface area (Å²) in [5.41, 5.74) is 0.457. The quantitative estimate of drug-likeness (QED) is 0.683. The van der Waals surface area contributed by atoms with Crippen molar-refractivity contribution in [1.29, 1.82) is 0 Å². The summed E-state index contributed by atoms with van der Waals surface area (Å²) in [5, 5.41) is 2.67. The Morgan fingerprint density at radius 2 is 1.62 bits per heavy atom. The molecule has 0 unspecified atom stereocenters. The van der Waals surface area contributed by atoms with E-state index in [2.05, 4.69) is 5.32 Å². The number of carbonyl (C=O) groups is 2. The van der Waals surface area contributed by atoms with Gasteiger partial charge in [-0.1, -0.05) is 30.3 Å². The third kappa shape index (κ3) is 6.58. The van der Waals surface area contributed by atoms with E-state index >= 15 is 0 Å². The fraction of sp³-hybridized carbons (Fsp3) is 0.300. The second-order valence-corrected chi connectivity index (χ2v) is 8.85. The Balaban J connectivity index is 1.48. The molecule has 1 aliphatic heterocycles. The Morgan fingerprint density at radius 3 is 2.34 bits per heavy atom. The zero-order chi connectivity index (χ0) is 20.7. The number of nitrogens with zero attached hydrogens (tertiary/aromatic N) is 1. The molecule has 2 aromatic carbocycles. The summed E-state index contributed by atoms with van der Waals surface area (Å²) in [4.78, 5) is 25.8. The van der Waals surface area contributed by atoms with Crippen molar-refractivity contribution in [3.8, 4) is 11.5 Å². The highest BCUT2D eigenvalue weighted by Crippen LogP contribution is 2.28. The van der Waals surface area contributed by atoms with Crippen LogP contribution in [0.15, 0.2) is 54.6 Å². The van der Waals surface area contributed by atoms with Crippen molar-refractivity contribution in [2.75, 3.05) is 43.1 Å². The van der Waals surface area contributed by atoms with Gasteiger partial charge in [-0.25, -0.2) is 8.42 Å². The molecule has 0 aromatic heterocycles. The topological polar surface area (TPSA) is 102 Å². The highest BCUT2D eigenvalue weighted by atomic mass is 32.2. The van der Waals surface area contributed by atoms with E-state index in [0.717, 1.165) is 0 Å². The SMILES string of the molecule is O=C(COC(=O)CN1CCS(=O)(=O)CC1)Nc1ccccc1Oc1ccccc1. The molecule has 0 aliphatic carbocycles. The van der Waals surface area contributed by atoms with Crippen LogP contribution in [-0.4, -0.2) is 62.9 Å². The van der Waals surface area contributed by atoms with E-state index in [1.54, 1.807) is 41.3 Å². The number of carbonyl (C=O) groups excluding carboxylic acids is 2. The van der Waals surface area contributed by atoms with E-state index in [1.165, 1.54) is 0 Å². The number of esters is 1. The molecule has 1 N–H and O–H groups in total. The summed E-state index contributed by atoms with van der Waals surface area (Å²) >= 11 is 0. The number of nitrogens with one attached hydrogen (secondary N) is 1. The van der Waals surface area contributed by atoms with Crippen molar-refractivity contribution in [3.05, 3.63) is 54.6 Å². The molecule has 0 atom stereocenters. The van der Waals surface area contributed by atoms with Crippen molar-refractivity contribution >= 4 is 27.4 Å². The number of hydrogen-bond acceptors (Lipinski definition) is 7. The third-order valence-electron chi connectivity index (χ3n) is 4.29. The minimum atomic E-state index is -3.01. The molecule has 29 heavy (non-hydrogen) atoms. The lowest BCUT2D eigenvalue weighted by atomic mass is 10.3. The molecule has 0 spiro atoms. The fourth-order valence-corrected chi connectivity index (χ4v) is 4.02. The average molecular weight is 418 g/mol. The van der Waals surface area contributed by atoms with E-state index in [0.29, 0.717) is 17.2 Å². The molecular weight excluding hydrogens is 396 g/mol. The lowest BCUT2D eigenvalue weighted by Crippen LogP contribution is -2.43. The summed E-state index contributed by atoms with van der Waals surface area (Å²) in [6.07, 6.45) is 0. The van der Waals surface area contributed by atoms with E-state index in [1.807, 2.05) is 18.2 Å². The number of benzene rings is 2. The molecule has 0 saturated carbocycles. The monoisotopic (exact) mass is 418 g/mol. The van der Waals surface area contributed by atoms with Gasteiger partial charge in [-0.15, -0.1) is 0 Å². The molecule has 0 radical (unpaired) electrons. The Morgan fingerprint density at radius 1 is 0.966 bits per heavy atom. The first-order valence-electron chi connectivity index (χ1n) is 9.11. The van der Waals surface area contributed by atoms with Crippen molar-refractivity contribution in [1.82, 2.24) is 4.90 Å². The molecule has 154 valence electrons. The van der Waals surface area contributed by atoms with Gasteiger partial charge in [-0.2, -0.15) is 0 Å². The van der Waals surface area contributed by atoms with E-state index in [-0.39, 0.29) is 31.1 Å². The minimum Gasteiger partial charge on any atom is -0.455 e. The highest BCUT2D eigenvalue weighted by Gasteiger charge is 2.23. The third-order valence-corrected chi connectivity index (χ3v) is 5.90. The molecule has 0 bridgehead atoms. The predicted octanol–water partition coefficient (Wildman–Crippen LogP) is 1.69. The average Bonchev–Trinajstić information content (AvgIpc) is 2.70. The number of rotatable bonds is 7. The van der Waals surface area contributed by atoms with Gasteiger partial charge in [0.15, 0.2) is 22.2 Å². The van der Waals surface area contributed by atoms with Crippen LogP contribution in [0.25, 0.3) is 0 Å². The highest BCUT2D eigenvalue weighted by molar-refractivity contribution is 7.91. The van der Waals surface area contributed by atoms with Crippen LogP contribution in [0.5, 0.6) is 11.5 Å². The molecule has 9 heteroatoms. The van der Waals surface area contributed by atoms with Crippen molar-refractivity contribution in [2.45, 2.75) is 0 Å². The van der Waals surface area contributed by atoms with E-state index in [9.17, 15) is 18.0 Å². The molecule has 2 aromatic rings. The van der Waals surface area contributed by atoms with Crippen LogP contribution in [0.2, 0.25) is 0 Å². The van der Waals surface area contributed by atoms with Crippen LogP contribution < -0.4 is 10.1 Å². The van der Waals surface area contributed by atoms with E-state index in [4.69, 9.17) is 9.47 Å². The first-order chi connectivity index (χ1) is 13.9. The number of para-hydroxylation sites is 3. The number of hydrogen-bond donors (Lipinski definition) is 1. The molecule has 3 rings (SSSR count). The maximum absolute atomic E-state index is 12.2. The Kier molecular flexibility index (Phi) is 6.84. The Hall–Kier alpha value is -2.91. The second-order valence-electron chi connectivity index (χ2n) is 6.55. The summed E-state index contributed by atoms with van der Waals surface area (Å²) in [6, 6.07) is 16.1. The predicted molar refractivity (Wildman–Crippen MR) is 108 cm³/mol. The Labute approximate surface area is 169 Å². The van der Waals surface area contributed by atoms with Gasteiger partial charge in [0, 0.05) is 13.1 Å². The van der Waals surface area contributed by atoms with Crippen LogP contribution in [0.3, 0.4) is 0 Å². The first-order valence-corrected chi connectivity index (χ1v) is 10.9. The van der Waals surface area contributed by atoms with Gasteiger partial charge >= 0.3 is 5.97 Å². The summed E-state index contributed by atoms with van der Waals surface area (Å²) < 4.78 is 33.6. The maximum atomic E-state index is 12.2. The normalized spacial score (nSPS) is 16.0. The summed E-state index contributed by atoms with van der Waals surface area (Å²) in [5.74, 6) is 0.0757. The van der Waals surface area contributed by atoms with Crippen molar-refractivity contribution in [2.24, 2.45) is 0 Å². The number of ether oxygens (including phenoxy) is 2. The van der Waals surface area contributed by atoms with Crippen LogP contribution in [0.1, 0.15) is 0 Å².